The summed E-state index contributed by atoms with van der Waals surface area (Å²) in [6.07, 6.45) is 1.55. The predicted octanol–water partition coefficient (Wildman–Crippen LogP) is 1.86. The molecule has 2 heterocycles. The van der Waals surface area contributed by atoms with E-state index in [1.54, 1.807) is 30.1 Å². The average molecular weight is 296 g/mol. The van der Waals surface area contributed by atoms with Gasteiger partial charge in [-0.2, -0.15) is 0 Å². The van der Waals surface area contributed by atoms with Crippen molar-refractivity contribution in [2.75, 3.05) is 27.4 Å². The van der Waals surface area contributed by atoms with Crippen LogP contribution >= 0.6 is 11.3 Å². The quantitative estimate of drug-likeness (QED) is 0.782. The molecule has 2 aromatic rings. The van der Waals surface area contributed by atoms with Crippen molar-refractivity contribution in [3.05, 3.63) is 27.1 Å². The number of aryl methyl sites for hydroxylation is 1. The van der Waals surface area contributed by atoms with E-state index in [-0.39, 0.29) is 5.56 Å². The third-order valence-electron chi connectivity index (χ3n) is 3.18. The molecule has 0 atom stereocenters. The first-order valence-corrected chi connectivity index (χ1v) is 7.52. The van der Waals surface area contributed by atoms with Crippen LogP contribution in [0.4, 0.5) is 0 Å². The van der Waals surface area contributed by atoms with Crippen molar-refractivity contribution >= 4 is 21.6 Å². The second kappa shape index (κ2) is 6.97. The number of hydrogen-bond donors (Lipinski definition) is 0. The fourth-order valence-corrected chi connectivity index (χ4v) is 3.06. The van der Waals surface area contributed by atoms with E-state index in [4.69, 9.17) is 9.47 Å². The molecule has 0 radical (unpaired) electrons. The Morgan fingerprint density at radius 1 is 1.30 bits per heavy atom. The van der Waals surface area contributed by atoms with E-state index in [1.807, 2.05) is 6.07 Å². The Kier molecular flexibility index (Phi) is 5.28. The molecule has 0 amide bonds. The minimum absolute atomic E-state index is 0.0223. The number of rotatable bonds is 7. The van der Waals surface area contributed by atoms with Crippen LogP contribution < -0.4 is 5.56 Å². The van der Waals surface area contributed by atoms with Crippen LogP contribution in [0.2, 0.25) is 0 Å². The van der Waals surface area contributed by atoms with Gasteiger partial charge in [-0.05, 0) is 12.5 Å². The van der Waals surface area contributed by atoms with Gasteiger partial charge < -0.3 is 9.47 Å². The van der Waals surface area contributed by atoms with Gasteiger partial charge in [0, 0.05) is 25.5 Å². The minimum atomic E-state index is 0.0223. The molecule has 0 N–H and O–H groups in total. The van der Waals surface area contributed by atoms with Crippen molar-refractivity contribution in [1.82, 2.24) is 9.55 Å². The Bertz CT molecular complexity index is 633. The van der Waals surface area contributed by atoms with Gasteiger partial charge in [-0.3, -0.25) is 9.36 Å². The summed E-state index contributed by atoms with van der Waals surface area (Å²) in [5, 5.41) is 0.712. The molecular weight excluding hydrogens is 276 g/mol. The van der Waals surface area contributed by atoms with E-state index in [2.05, 4.69) is 11.9 Å². The van der Waals surface area contributed by atoms with Gasteiger partial charge in [0.1, 0.15) is 10.7 Å². The Labute approximate surface area is 122 Å². The summed E-state index contributed by atoms with van der Waals surface area (Å²) >= 11 is 1.60. The van der Waals surface area contributed by atoms with Gasteiger partial charge in [0.2, 0.25) is 0 Å². The topological polar surface area (TPSA) is 53.4 Å². The second-order valence-electron chi connectivity index (χ2n) is 4.51. The van der Waals surface area contributed by atoms with E-state index in [1.165, 1.54) is 4.88 Å². The molecular formula is C14H20N2O3S. The molecule has 6 heteroatoms. The van der Waals surface area contributed by atoms with Gasteiger partial charge in [0.05, 0.1) is 25.1 Å². The number of fused-ring (bicyclic) bond motifs is 1. The molecule has 0 saturated carbocycles. The zero-order chi connectivity index (χ0) is 14.5. The van der Waals surface area contributed by atoms with Crippen molar-refractivity contribution in [3.63, 3.8) is 0 Å². The Hall–Kier alpha value is -1.24. The van der Waals surface area contributed by atoms with Crippen molar-refractivity contribution in [1.29, 1.82) is 0 Å². The first kappa shape index (κ1) is 15.2. The summed E-state index contributed by atoms with van der Waals surface area (Å²) in [7, 11) is 3.28. The van der Waals surface area contributed by atoms with Gasteiger partial charge in [-0.15, -0.1) is 11.3 Å². The fourth-order valence-electron chi connectivity index (χ4n) is 2.08. The lowest BCUT2D eigenvalue weighted by atomic mass is 10.3. The molecule has 110 valence electrons. The maximum atomic E-state index is 12.6. The number of nitrogens with zero attached hydrogens (tertiary/aromatic N) is 2. The molecule has 0 saturated heterocycles. The number of thiophene rings is 1. The normalized spacial score (nSPS) is 11.3. The molecule has 0 aliphatic heterocycles. The highest BCUT2D eigenvalue weighted by Gasteiger charge is 2.13. The van der Waals surface area contributed by atoms with Crippen LogP contribution in [-0.2, 0) is 28.9 Å². The maximum absolute atomic E-state index is 12.6. The lowest BCUT2D eigenvalue weighted by Gasteiger charge is -2.11. The Balaban J connectivity index is 2.51. The van der Waals surface area contributed by atoms with Gasteiger partial charge >= 0.3 is 0 Å². The van der Waals surface area contributed by atoms with Gasteiger partial charge in [0.15, 0.2) is 0 Å². The Morgan fingerprint density at radius 3 is 2.70 bits per heavy atom. The number of hydrogen-bond acceptors (Lipinski definition) is 5. The monoisotopic (exact) mass is 296 g/mol. The van der Waals surface area contributed by atoms with E-state index < -0.39 is 0 Å². The number of aromatic nitrogens is 2. The molecule has 0 unspecified atom stereocenters. The lowest BCUT2D eigenvalue weighted by Crippen LogP contribution is -2.27. The molecule has 2 aromatic heterocycles. The molecule has 5 nitrogen and oxygen atoms in total. The minimum Gasteiger partial charge on any atom is -0.384 e. The van der Waals surface area contributed by atoms with E-state index in [0.29, 0.717) is 31.6 Å². The predicted molar refractivity (Wildman–Crippen MR) is 80.7 cm³/mol. The summed E-state index contributed by atoms with van der Waals surface area (Å²) < 4.78 is 11.9. The summed E-state index contributed by atoms with van der Waals surface area (Å²) in [5.41, 5.74) is 0.0223. The van der Waals surface area contributed by atoms with Crippen LogP contribution in [-0.4, -0.2) is 37.0 Å². The Morgan fingerprint density at radius 2 is 2.05 bits per heavy atom. The zero-order valence-electron chi connectivity index (χ0n) is 12.1. The summed E-state index contributed by atoms with van der Waals surface area (Å²) in [6, 6.07) is 1.96. The molecule has 0 aliphatic carbocycles. The molecule has 0 aliphatic rings. The van der Waals surface area contributed by atoms with Gasteiger partial charge in [-0.1, -0.05) is 6.92 Å². The van der Waals surface area contributed by atoms with Gasteiger partial charge in [0.25, 0.3) is 5.56 Å². The summed E-state index contributed by atoms with van der Waals surface area (Å²) in [5.74, 6) is 0.769. The van der Waals surface area contributed by atoms with Crippen LogP contribution in [0.3, 0.4) is 0 Å². The first-order chi connectivity index (χ1) is 9.71. The lowest BCUT2D eigenvalue weighted by molar-refractivity contribution is 0.180. The second-order valence-corrected chi connectivity index (χ2v) is 5.62. The van der Waals surface area contributed by atoms with Crippen LogP contribution in [0.15, 0.2) is 10.9 Å². The molecule has 0 spiro atoms. The SMILES string of the molecule is CCc1cc2c(=O)n(CCOC)c(CCOC)nc2s1. The molecule has 20 heavy (non-hydrogen) atoms. The maximum Gasteiger partial charge on any atom is 0.262 e. The van der Waals surface area contributed by atoms with Crippen LogP contribution in [0.1, 0.15) is 17.6 Å². The number of methoxy groups -OCH3 is 2. The van der Waals surface area contributed by atoms with Crippen LogP contribution in [0.25, 0.3) is 10.2 Å². The third-order valence-corrected chi connectivity index (χ3v) is 4.35. The van der Waals surface area contributed by atoms with Gasteiger partial charge in [-0.25, -0.2) is 4.98 Å². The highest BCUT2D eigenvalue weighted by molar-refractivity contribution is 7.18. The largest absolute Gasteiger partial charge is 0.384 e. The van der Waals surface area contributed by atoms with E-state index >= 15 is 0 Å². The summed E-state index contributed by atoms with van der Waals surface area (Å²) in [4.78, 5) is 19.2. The zero-order valence-corrected chi connectivity index (χ0v) is 13.0. The standard InChI is InChI=1S/C14H20N2O3S/c1-4-10-9-11-13(20-10)15-12(5-7-18-2)16(14(11)17)6-8-19-3/h9H,4-8H2,1-3H3. The molecule has 2 rings (SSSR count). The van der Waals surface area contributed by atoms with Crippen molar-refractivity contribution in [2.24, 2.45) is 0 Å². The van der Waals surface area contributed by atoms with Crippen molar-refractivity contribution in [3.8, 4) is 0 Å². The fraction of sp³-hybridized carbons (Fsp3) is 0.571. The van der Waals surface area contributed by atoms with E-state index in [9.17, 15) is 4.79 Å². The molecule has 0 fully saturated rings. The highest BCUT2D eigenvalue weighted by Crippen LogP contribution is 2.22. The average Bonchev–Trinajstić information content (AvgIpc) is 2.87. The smallest absolute Gasteiger partial charge is 0.262 e. The van der Waals surface area contributed by atoms with Crippen LogP contribution in [0, 0.1) is 0 Å². The molecule has 0 aromatic carbocycles. The van der Waals surface area contributed by atoms with E-state index in [0.717, 1.165) is 17.1 Å². The molecule has 0 bridgehead atoms. The van der Waals surface area contributed by atoms with Crippen molar-refractivity contribution in [2.45, 2.75) is 26.3 Å². The van der Waals surface area contributed by atoms with Crippen LogP contribution in [0.5, 0.6) is 0 Å². The third kappa shape index (κ3) is 3.08. The first-order valence-electron chi connectivity index (χ1n) is 6.71. The van der Waals surface area contributed by atoms with Crippen molar-refractivity contribution < 1.29 is 9.47 Å². The highest BCUT2D eigenvalue weighted by atomic mass is 32.1. The number of ether oxygens (including phenoxy) is 2. The summed E-state index contributed by atoms with van der Waals surface area (Å²) in [6.45, 7) is 3.66.